The van der Waals surface area contributed by atoms with Gasteiger partial charge in [0.25, 0.3) is 0 Å². The molecule has 1 aliphatic rings. The second kappa shape index (κ2) is 9.75. The van der Waals surface area contributed by atoms with E-state index in [9.17, 15) is 0 Å². The van der Waals surface area contributed by atoms with E-state index in [1.807, 2.05) is 23.0 Å². The summed E-state index contributed by atoms with van der Waals surface area (Å²) in [6.45, 7) is 4.47. The monoisotopic (exact) mass is 352 g/mol. The summed E-state index contributed by atoms with van der Waals surface area (Å²) in [5, 5.41) is 6.75. The van der Waals surface area contributed by atoms with Crippen molar-refractivity contribution < 1.29 is 0 Å². The number of aromatic nitrogens is 3. The molecule has 2 heterocycles. The van der Waals surface area contributed by atoms with Crippen LogP contribution in [0.2, 0.25) is 0 Å². The van der Waals surface area contributed by atoms with Gasteiger partial charge in [0, 0.05) is 31.7 Å². The second-order valence-electron chi connectivity index (χ2n) is 6.47. The summed E-state index contributed by atoms with van der Waals surface area (Å²) >= 11 is 0. The third-order valence-electron chi connectivity index (χ3n) is 4.47. The number of nitrogens with one attached hydrogen (secondary N) is 2. The quantitative estimate of drug-likeness (QED) is 0.456. The molecular weight excluding hydrogens is 324 g/mol. The van der Waals surface area contributed by atoms with Crippen molar-refractivity contribution in [3.05, 3.63) is 54.3 Å². The largest absolute Gasteiger partial charge is 0.357 e. The molecule has 0 radical (unpaired) electrons. The Morgan fingerprint density at radius 2 is 2.23 bits per heavy atom. The van der Waals surface area contributed by atoms with E-state index in [0.29, 0.717) is 6.54 Å². The van der Waals surface area contributed by atoms with E-state index in [0.717, 1.165) is 36.9 Å². The molecule has 0 saturated heterocycles. The van der Waals surface area contributed by atoms with Gasteiger partial charge < -0.3 is 10.6 Å². The highest BCUT2D eigenvalue weighted by atomic mass is 15.2. The standard InChI is InChI=1S/C20H28N6/c1-2-22-20(23-11-10-17-6-4-3-5-7-17)25-15-18-8-9-19(24-14-18)26-13-12-21-16-26/h6,8-9,12-14,16H,2-5,7,10-11,15H2,1H3,(H2,22,23,25). The summed E-state index contributed by atoms with van der Waals surface area (Å²) < 4.78 is 1.89. The topological polar surface area (TPSA) is 67.1 Å². The summed E-state index contributed by atoms with van der Waals surface area (Å²) in [5.41, 5.74) is 2.67. The first-order valence-electron chi connectivity index (χ1n) is 9.48. The van der Waals surface area contributed by atoms with Crippen molar-refractivity contribution in [2.45, 2.75) is 45.6 Å². The molecule has 2 aromatic heterocycles. The first-order valence-corrected chi connectivity index (χ1v) is 9.48. The Bertz CT molecular complexity index is 715. The molecule has 3 rings (SSSR count). The van der Waals surface area contributed by atoms with Crippen LogP contribution < -0.4 is 10.6 Å². The van der Waals surface area contributed by atoms with Gasteiger partial charge in [0.15, 0.2) is 5.96 Å². The number of imidazole rings is 1. The van der Waals surface area contributed by atoms with Gasteiger partial charge in [-0.3, -0.25) is 4.57 Å². The predicted molar refractivity (Wildman–Crippen MR) is 105 cm³/mol. The smallest absolute Gasteiger partial charge is 0.191 e. The number of hydrogen-bond donors (Lipinski definition) is 2. The summed E-state index contributed by atoms with van der Waals surface area (Å²) in [6, 6.07) is 4.05. The van der Waals surface area contributed by atoms with Crippen LogP contribution in [-0.4, -0.2) is 33.6 Å². The fourth-order valence-corrected chi connectivity index (χ4v) is 3.04. The summed E-state index contributed by atoms with van der Waals surface area (Å²) in [5.74, 6) is 1.73. The van der Waals surface area contributed by atoms with E-state index in [1.165, 1.54) is 25.7 Å². The molecule has 1 aliphatic carbocycles. The lowest BCUT2D eigenvalue weighted by molar-refractivity contribution is 0.665. The maximum Gasteiger partial charge on any atom is 0.191 e. The molecule has 2 aromatic rings. The van der Waals surface area contributed by atoms with Crippen molar-refractivity contribution >= 4 is 5.96 Å². The van der Waals surface area contributed by atoms with Gasteiger partial charge in [-0.15, -0.1) is 0 Å². The fourth-order valence-electron chi connectivity index (χ4n) is 3.04. The molecule has 26 heavy (non-hydrogen) atoms. The van der Waals surface area contributed by atoms with Crippen molar-refractivity contribution in [1.29, 1.82) is 0 Å². The minimum absolute atomic E-state index is 0.606. The summed E-state index contributed by atoms with van der Waals surface area (Å²) in [7, 11) is 0. The minimum Gasteiger partial charge on any atom is -0.357 e. The van der Waals surface area contributed by atoms with Gasteiger partial charge in [0.1, 0.15) is 12.1 Å². The first kappa shape index (κ1) is 18.2. The molecule has 2 N–H and O–H groups in total. The lowest BCUT2D eigenvalue weighted by Gasteiger charge is -2.15. The Balaban J connectivity index is 1.52. The van der Waals surface area contributed by atoms with Gasteiger partial charge >= 0.3 is 0 Å². The molecule has 0 fully saturated rings. The molecule has 0 atom stereocenters. The highest BCUT2D eigenvalue weighted by Gasteiger charge is 2.04. The van der Waals surface area contributed by atoms with Crippen LogP contribution >= 0.6 is 0 Å². The van der Waals surface area contributed by atoms with Crippen molar-refractivity contribution in [2.75, 3.05) is 13.1 Å². The Morgan fingerprint density at radius 3 is 2.92 bits per heavy atom. The van der Waals surface area contributed by atoms with Gasteiger partial charge in [0.05, 0.1) is 6.54 Å². The maximum absolute atomic E-state index is 4.67. The molecular formula is C20H28N6. The predicted octanol–water partition coefficient (Wildman–Crippen LogP) is 3.21. The van der Waals surface area contributed by atoms with Gasteiger partial charge in [-0.1, -0.05) is 17.7 Å². The average Bonchev–Trinajstić information content (AvgIpc) is 3.22. The van der Waals surface area contributed by atoms with E-state index in [-0.39, 0.29) is 0 Å². The van der Waals surface area contributed by atoms with Crippen molar-refractivity contribution in [3.8, 4) is 5.82 Å². The third-order valence-corrected chi connectivity index (χ3v) is 4.47. The summed E-state index contributed by atoms with van der Waals surface area (Å²) in [6.07, 6.45) is 15.9. The van der Waals surface area contributed by atoms with Crippen molar-refractivity contribution in [1.82, 2.24) is 25.2 Å². The van der Waals surface area contributed by atoms with Gasteiger partial charge in [-0.05, 0) is 50.7 Å². The fraction of sp³-hybridized carbons (Fsp3) is 0.450. The minimum atomic E-state index is 0.606. The molecule has 0 aliphatic heterocycles. The SMILES string of the molecule is CCNC(=NCc1ccc(-n2ccnc2)nc1)NCCC1=CCCCC1. The molecule has 0 unspecified atom stereocenters. The van der Waals surface area contributed by atoms with Crippen LogP contribution in [0.4, 0.5) is 0 Å². The van der Waals surface area contributed by atoms with Gasteiger partial charge in [-0.2, -0.15) is 0 Å². The number of rotatable bonds is 7. The first-order chi connectivity index (χ1) is 12.8. The lowest BCUT2D eigenvalue weighted by Crippen LogP contribution is -2.37. The van der Waals surface area contributed by atoms with Crippen molar-refractivity contribution in [2.24, 2.45) is 4.99 Å². The van der Waals surface area contributed by atoms with E-state index in [4.69, 9.17) is 0 Å². The lowest BCUT2D eigenvalue weighted by atomic mass is 9.97. The summed E-state index contributed by atoms with van der Waals surface area (Å²) in [4.78, 5) is 13.2. The number of pyridine rings is 1. The highest BCUT2D eigenvalue weighted by molar-refractivity contribution is 5.79. The average molecular weight is 352 g/mol. The van der Waals surface area contributed by atoms with E-state index in [2.05, 4.69) is 44.7 Å². The maximum atomic E-state index is 4.67. The number of allylic oxidation sites excluding steroid dienone is 1. The zero-order chi connectivity index (χ0) is 18.0. The van der Waals surface area contributed by atoms with Gasteiger partial charge in [-0.25, -0.2) is 15.0 Å². The number of nitrogens with zero attached hydrogens (tertiary/aromatic N) is 4. The zero-order valence-electron chi connectivity index (χ0n) is 15.5. The van der Waals surface area contributed by atoms with Crippen LogP contribution in [0.25, 0.3) is 5.82 Å². The van der Waals surface area contributed by atoms with Crippen LogP contribution in [0.15, 0.2) is 53.7 Å². The zero-order valence-corrected chi connectivity index (χ0v) is 15.5. The Morgan fingerprint density at radius 1 is 1.27 bits per heavy atom. The second-order valence-corrected chi connectivity index (χ2v) is 6.47. The molecule has 6 heteroatoms. The Hall–Kier alpha value is -2.63. The third kappa shape index (κ3) is 5.44. The number of guanidine groups is 1. The van der Waals surface area contributed by atoms with Crippen LogP contribution in [0.1, 0.15) is 44.6 Å². The Kier molecular flexibility index (Phi) is 6.81. The van der Waals surface area contributed by atoms with Crippen LogP contribution in [0.5, 0.6) is 0 Å². The van der Waals surface area contributed by atoms with Crippen molar-refractivity contribution in [3.63, 3.8) is 0 Å². The molecule has 0 spiro atoms. The normalized spacial score (nSPS) is 14.8. The van der Waals surface area contributed by atoms with Crippen LogP contribution in [-0.2, 0) is 6.54 Å². The molecule has 0 aromatic carbocycles. The molecule has 6 nitrogen and oxygen atoms in total. The Labute approximate surface area is 155 Å². The van der Waals surface area contributed by atoms with E-state index < -0.39 is 0 Å². The van der Waals surface area contributed by atoms with Gasteiger partial charge in [0.2, 0.25) is 0 Å². The molecule has 0 amide bonds. The number of aliphatic imine (C=N–C) groups is 1. The molecule has 0 saturated carbocycles. The van der Waals surface area contributed by atoms with Crippen LogP contribution in [0, 0.1) is 0 Å². The van der Waals surface area contributed by atoms with Crippen LogP contribution in [0.3, 0.4) is 0 Å². The van der Waals surface area contributed by atoms with E-state index >= 15 is 0 Å². The van der Waals surface area contributed by atoms with E-state index in [1.54, 1.807) is 18.1 Å². The highest BCUT2D eigenvalue weighted by Crippen LogP contribution is 2.19. The molecule has 0 bridgehead atoms. The number of hydrogen-bond acceptors (Lipinski definition) is 3. The molecule has 138 valence electrons.